The van der Waals surface area contributed by atoms with Crippen LogP contribution in [0.3, 0.4) is 0 Å². The highest BCUT2D eigenvalue weighted by Crippen LogP contribution is 1.92. The van der Waals surface area contributed by atoms with Gasteiger partial charge in [0.1, 0.15) is 12.6 Å². The van der Waals surface area contributed by atoms with Crippen LogP contribution in [0, 0.1) is 0 Å². The van der Waals surface area contributed by atoms with E-state index in [4.69, 9.17) is 10.8 Å². The van der Waals surface area contributed by atoms with Gasteiger partial charge in [0.15, 0.2) is 0 Å². The minimum atomic E-state index is -1.28. The van der Waals surface area contributed by atoms with Crippen LogP contribution in [-0.2, 0) is 14.3 Å². The maximum Gasteiger partial charge on any atom is 0.408 e. The Morgan fingerprint density at radius 1 is 1.53 bits per heavy atom. The van der Waals surface area contributed by atoms with Crippen LogP contribution < -0.4 is 11.1 Å². The maximum atomic E-state index is 10.9. The molecule has 7 heteroatoms. The van der Waals surface area contributed by atoms with Crippen LogP contribution in [0.25, 0.3) is 0 Å². The lowest BCUT2D eigenvalue weighted by Gasteiger charge is -2.12. The first-order valence-corrected chi connectivity index (χ1v) is 4.02. The third-order valence-corrected chi connectivity index (χ3v) is 1.35. The number of hydrogen-bond acceptors (Lipinski definition) is 4. The van der Waals surface area contributed by atoms with Crippen LogP contribution in [-0.4, -0.2) is 35.7 Å². The first kappa shape index (κ1) is 12.9. The zero-order valence-electron chi connectivity index (χ0n) is 7.93. The number of nitrogens with two attached hydrogens (primary N) is 1. The third kappa shape index (κ3) is 6.08. The van der Waals surface area contributed by atoms with E-state index in [1.165, 1.54) is 6.08 Å². The van der Waals surface area contributed by atoms with Crippen molar-refractivity contribution < 1.29 is 24.2 Å². The fraction of sp³-hybridized carbons (Fsp3) is 0.375. The van der Waals surface area contributed by atoms with Crippen molar-refractivity contribution in [2.45, 2.75) is 12.5 Å². The Bertz CT molecular complexity index is 276. The first-order valence-electron chi connectivity index (χ1n) is 4.02. The molecular weight excluding hydrogens is 204 g/mol. The minimum Gasteiger partial charge on any atom is -0.481 e. The van der Waals surface area contributed by atoms with Gasteiger partial charge in [-0.05, 0) is 0 Å². The highest BCUT2D eigenvalue weighted by molar-refractivity contribution is 5.88. The van der Waals surface area contributed by atoms with E-state index in [1.807, 2.05) is 5.32 Å². The van der Waals surface area contributed by atoms with Crippen molar-refractivity contribution in [2.24, 2.45) is 5.73 Å². The number of nitrogens with one attached hydrogen (secondary N) is 1. The van der Waals surface area contributed by atoms with E-state index in [0.29, 0.717) is 0 Å². The van der Waals surface area contributed by atoms with Gasteiger partial charge >= 0.3 is 12.1 Å². The maximum absolute atomic E-state index is 10.9. The van der Waals surface area contributed by atoms with Gasteiger partial charge in [0.05, 0.1) is 6.42 Å². The average Bonchev–Trinajstić information content (AvgIpc) is 2.12. The molecule has 1 atom stereocenters. The van der Waals surface area contributed by atoms with Crippen LogP contribution in [0.15, 0.2) is 12.7 Å². The lowest BCUT2D eigenvalue weighted by atomic mass is 10.2. The topological polar surface area (TPSA) is 119 Å². The highest BCUT2D eigenvalue weighted by atomic mass is 16.5. The lowest BCUT2D eigenvalue weighted by molar-refractivity contribution is -0.139. The van der Waals surface area contributed by atoms with E-state index >= 15 is 0 Å². The van der Waals surface area contributed by atoms with Gasteiger partial charge in [-0.1, -0.05) is 12.7 Å². The molecular formula is C8H12N2O5. The number of ether oxygens (including phenoxy) is 1. The van der Waals surface area contributed by atoms with E-state index in [2.05, 4.69) is 11.3 Å². The van der Waals surface area contributed by atoms with Gasteiger partial charge in [0.2, 0.25) is 5.91 Å². The van der Waals surface area contributed by atoms with Crippen LogP contribution in [0.5, 0.6) is 0 Å². The van der Waals surface area contributed by atoms with E-state index in [9.17, 15) is 14.4 Å². The molecule has 0 aliphatic heterocycles. The second-order valence-electron chi connectivity index (χ2n) is 2.58. The fourth-order valence-electron chi connectivity index (χ4n) is 0.716. The van der Waals surface area contributed by atoms with Gasteiger partial charge in [-0.25, -0.2) is 4.79 Å². The molecule has 4 N–H and O–H groups in total. The molecule has 0 aromatic rings. The van der Waals surface area contributed by atoms with Crippen molar-refractivity contribution in [2.75, 3.05) is 6.61 Å². The zero-order chi connectivity index (χ0) is 11.8. The molecule has 0 radical (unpaired) electrons. The number of carbonyl (C=O) groups excluding carboxylic acids is 2. The number of carboxylic acids is 1. The van der Waals surface area contributed by atoms with Crippen LogP contribution in [0.4, 0.5) is 4.79 Å². The number of primary amides is 1. The van der Waals surface area contributed by atoms with Crippen molar-refractivity contribution in [1.29, 1.82) is 0 Å². The molecule has 0 spiro atoms. The summed E-state index contributed by atoms with van der Waals surface area (Å²) in [4.78, 5) is 31.9. The molecule has 0 aliphatic rings. The molecule has 0 aromatic carbocycles. The number of carbonyl (C=O) groups is 3. The van der Waals surface area contributed by atoms with E-state index in [1.54, 1.807) is 0 Å². The summed E-state index contributed by atoms with van der Waals surface area (Å²) in [5.74, 6) is -2.18. The summed E-state index contributed by atoms with van der Waals surface area (Å²) < 4.78 is 4.48. The molecule has 0 saturated heterocycles. The molecule has 15 heavy (non-hydrogen) atoms. The quantitative estimate of drug-likeness (QED) is 0.503. The summed E-state index contributed by atoms with van der Waals surface area (Å²) in [5.41, 5.74) is 4.87. The summed E-state index contributed by atoms with van der Waals surface area (Å²) in [6.07, 6.45) is -0.172. The summed E-state index contributed by atoms with van der Waals surface area (Å²) >= 11 is 0. The van der Waals surface area contributed by atoms with Gasteiger partial charge in [-0.15, -0.1) is 0 Å². The summed E-state index contributed by atoms with van der Waals surface area (Å²) in [7, 11) is 0. The molecule has 0 rings (SSSR count). The Balaban J connectivity index is 4.16. The summed E-state index contributed by atoms with van der Waals surface area (Å²) in [6, 6.07) is -1.28. The van der Waals surface area contributed by atoms with Gasteiger partial charge in [-0.3, -0.25) is 9.59 Å². The highest BCUT2D eigenvalue weighted by Gasteiger charge is 2.21. The molecule has 0 fully saturated rings. The largest absolute Gasteiger partial charge is 0.481 e. The Morgan fingerprint density at radius 2 is 2.13 bits per heavy atom. The second-order valence-corrected chi connectivity index (χ2v) is 2.58. The minimum absolute atomic E-state index is 0.0373. The van der Waals surface area contributed by atoms with E-state index < -0.39 is 30.4 Å². The fourth-order valence-corrected chi connectivity index (χ4v) is 0.716. The van der Waals surface area contributed by atoms with Crippen molar-refractivity contribution in [3.05, 3.63) is 12.7 Å². The predicted octanol–water partition coefficient (Wildman–Crippen LogP) is -0.773. The number of aliphatic carboxylic acids is 1. The number of alkyl carbamates (subject to hydrolysis) is 1. The Kier molecular flexibility index (Phi) is 5.53. The van der Waals surface area contributed by atoms with Crippen molar-refractivity contribution >= 4 is 18.0 Å². The van der Waals surface area contributed by atoms with Crippen molar-refractivity contribution in [1.82, 2.24) is 5.32 Å². The average molecular weight is 216 g/mol. The third-order valence-electron chi connectivity index (χ3n) is 1.35. The zero-order valence-corrected chi connectivity index (χ0v) is 7.93. The predicted molar refractivity (Wildman–Crippen MR) is 49.9 cm³/mol. The van der Waals surface area contributed by atoms with Crippen LogP contribution in [0.2, 0.25) is 0 Å². The SMILES string of the molecule is C=CCOC(=O)N[C@@H](CC(=O)O)C(N)=O. The van der Waals surface area contributed by atoms with Gasteiger partial charge < -0.3 is 20.9 Å². The molecule has 84 valence electrons. The molecule has 7 nitrogen and oxygen atoms in total. The Hall–Kier alpha value is -2.05. The van der Waals surface area contributed by atoms with Crippen LogP contribution in [0.1, 0.15) is 6.42 Å². The number of rotatable bonds is 6. The van der Waals surface area contributed by atoms with Gasteiger partial charge in [-0.2, -0.15) is 0 Å². The monoisotopic (exact) mass is 216 g/mol. The lowest BCUT2D eigenvalue weighted by Crippen LogP contribution is -2.45. The van der Waals surface area contributed by atoms with Gasteiger partial charge in [0, 0.05) is 0 Å². The first-order chi connectivity index (χ1) is 6.97. The molecule has 2 amide bonds. The van der Waals surface area contributed by atoms with Crippen molar-refractivity contribution in [3.63, 3.8) is 0 Å². The number of hydrogen-bond donors (Lipinski definition) is 3. The summed E-state index contributed by atoms with van der Waals surface area (Å²) in [6.45, 7) is 3.27. The Labute approximate surface area is 85.9 Å². The van der Waals surface area contributed by atoms with E-state index in [0.717, 1.165) is 0 Å². The molecule has 0 bridgehead atoms. The van der Waals surface area contributed by atoms with E-state index in [-0.39, 0.29) is 6.61 Å². The van der Waals surface area contributed by atoms with Gasteiger partial charge in [0.25, 0.3) is 0 Å². The van der Waals surface area contributed by atoms with Crippen molar-refractivity contribution in [3.8, 4) is 0 Å². The molecule has 0 saturated carbocycles. The molecule has 0 heterocycles. The molecule has 0 aliphatic carbocycles. The normalized spacial score (nSPS) is 11.2. The standard InChI is InChI=1S/C8H12N2O5/c1-2-3-15-8(14)10-5(7(9)13)4-6(11)12/h2,5H,1,3-4H2,(H2,9,13)(H,10,14)(H,11,12)/t5-/m0/s1. The second kappa shape index (κ2) is 6.41. The smallest absolute Gasteiger partial charge is 0.408 e. The Morgan fingerprint density at radius 3 is 2.53 bits per heavy atom. The summed E-state index contributed by atoms with van der Waals surface area (Å²) in [5, 5.41) is 10.4. The number of carboxylic acid groups (broad SMARTS) is 1. The molecule has 0 aromatic heterocycles. The molecule has 0 unspecified atom stereocenters. The van der Waals surface area contributed by atoms with Crippen LogP contribution >= 0.6 is 0 Å². The number of amides is 2.